The summed E-state index contributed by atoms with van der Waals surface area (Å²) in [6, 6.07) is 2.13. The molecule has 0 aliphatic carbocycles. The van der Waals surface area contributed by atoms with E-state index in [0.29, 0.717) is 0 Å². The number of unbranched alkanes of at least 4 members (excludes halogenated alkanes) is 7. The molecule has 0 bridgehead atoms. The van der Waals surface area contributed by atoms with E-state index in [1.807, 2.05) is 0 Å². The first-order valence-electron chi connectivity index (χ1n) is 9.93. The van der Waals surface area contributed by atoms with Crippen molar-refractivity contribution < 1.29 is 0 Å². The lowest BCUT2D eigenvalue weighted by Crippen LogP contribution is -2.35. The molecule has 0 amide bonds. The van der Waals surface area contributed by atoms with Crippen LogP contribution in [0.2, 0.25) is 0 Å². The summed E-state index contributed by atoms with van der Waals surface area (Å²) in [6.45, 7) is 12.5. The smallest absolute Gasteiger partial charge is 0.0940 e. The van der Waals surface area contributed by atoms with Gasteiger partial charge in [-0.3, -0.25) is 0 Å². The van der Waals surface area contributed by atoms with Crippen molar-refractivity contribution in [2.75, 3.05) is 19.6 Å². The van der Waals surface area contributed by atoms with Gasteiger partial charge in [-0.2, -0.15) is 5.26 Å². The summed E-state index contributed by atoms with van der Waals surface area (Å²) in [5, 5.41) is 8.64. The molecule has 132 valence electrons. The molecule has 0 spiro atoms. The molecule has 1 saturated heterocycles. The zero-order chi connectivity index (χ0) is 16.9. The molecule has 1 aliphatic rings. The fourth-order valence-corrected chi connectivity index (χ4v) is 3.63. The molecule has 0 unspecified atom stereocenters. The van der Waals surface area contributed by atoms with Crippen molar-refractivity contribution in [3.8, 4) is 6.07 Å². The van der Waals surface area contributed by atoms with Crippen LogP contribution in [0.1, 0.15) is 84.5 Å². The fourth-order valence-electron chi connectivity index (χ4n) is 3.63. The highest BCUT2D eigenvalue weighted by molar-refractivity contribution is 5.14. The predicted octanol–water partition coefficient (Wildman–Crippen LogP) is 5.95. The Bertz CT molecular complexity index is 345. The lowest BCUT2D eigenvalue weighted by Gasteiger charge is -2.33. The quantitative estimate of drug-likeness (QED) is 0.328. The number of nitrogens with zero attached hydrogens (tertiary/aromatic N) is 2. The summed E-state index contributed by atoms with van der Waals surface area (Å²) in [5.74, 6) is 1.84. The summed E-state index contributed by atoms with van der Waals surface area (Å²) in [4.78, 5) is 2.68. The highest BCUT2D eigenvalue weighted by Gasteiger charge is 2.20. The third-order valence-electron chi connectivity index (χ3n) is 5.44. The molecular weight excluding hydrogens is 280 g/mol. The fraction of sp³-hybridized carbons (Fsp3) is 0.857. The van der Waals surface area contributed by atoms with Crippen molar-refractivity contribution in [1.82, 2.24) is 4.90 Å². The molecule has 0 radical (unpaired) electrons. The molecule has 0 N–H and O–H groups in total. The van der Waals surface area contributed by atoms with Crippen LogP contribution in [0, 0.1) is 23.2 Å². The van der Waals surface area contributed by atoms with Crippen LogP contribution in [0.3, 0.4) is 0 Å². The number of rotatable bonds is 12. The van der Waals surface area contributed by atoms with Gasteiger partial charge in [-0.05, 0) is 63.6 Å². The van der Waals surface area contributed by atoms with Crippen molar-refractivity contribution in [2.45, 2.75) is 84.5 Å². The van der Waals surface area contributed by atoms with Crippen molar-refractivity contribution in [3.63, 3.8) is 0 Å². The molecular formula is C21H38N2. The largest absolute Gasteiger partial charge is 0.303 e. The van der Waals surface area contributed by atoms with Gasteiger partial charge in [0.05, 0.1) is 6.07 Å². The van der Waals surface area contributed by atoms with Gasteiger partial charge in [-0.25, -0.2) is 0 Å². The number of likely N-dealkylation sites (tertiary alicyclic amines) is 1. The van der Waals surface area contributed by atoms with E-state index in [2.05, 4.69) is 31.4 Å². The lowest BCUT2D eigenvalue weighted by molar-refractivity contribution is 0.155. The maximum atomic E-state index is 8.64. The van der Waals surface area contributed by atoms with E-state index in [-0.39, 0.29) is 0 Å². The highest BCUT2D eigenvalue weighted by atomic mass is 15.1. The minimum absolute atomic E-state index is 0.738. The summed E-state index contributed by atoms with van der Waals surface area (Å²) in [7, 11) is 0. The molecule has 0 aromatic carbocycles. The van der Waals surface area contributed by atoms with E-state index in [0.717, 1.165) is 30.3 Å². The first-order chi connectivity index (χ1) is 11.1. The first kappa shape index (κ1) is 20.2. The van der Waals surface area contributed by atoms with Gasteiger partial charge in [0.1, 0.15) is 0 Å². The topological polar surface area (TPSA) is 27.0 Å². The molecule has 1 rings (SSSR count). The molecule has 1 heterocycles. The van der Waals surface area contributed by atoms with Crippen LogP contribution >= 0.6 is 0 Å². The van der Waals surface area contributed by atoms with Crippen LogP contribution in [0.15, 0.2) is 12.2 Å². The Morgan fingerprint density at radius 2 is 1.52 bits per heavy atom. The molecule has 0 aromatic heterocycles. The van der Waals surface area contributed by atoms with Gasteiger partial charge < -0.3 is 4.90 Å². The minimum Gasteiger partial charge on any atom is -0.303 e. The third-order valence-corrected chi connectivity index (χ3v) is 5.44. The maximum Gasteiger partial charge on any atom is 0.0940 e. The second-order valence-corrected chi connectivity index (χ2v) is 7.72. The third kappa shape index (κ3) is 9.82. The number of hydrogen-bond donors (Lipinski definition) is 0. The van der Waals surface area contributed by atoms with Crippen LogP contribution < -0.4 is 0 Å². The van der Waals surface area contributed by atoms with Crippen LogP contribution in [0.5, 0.6) is 0 Å². The highest BCUT2D eigenvalue weighted by Crippen LogP contribution is 2.24. The van der Waals surface area contributed by atoms with E-state index in [1.54, 1.807) is 0 Å². The van der Waals surface area contributed by atoms with Gasteiger partial charge in [0.15, 0.2) is 0 Å². The average molecular weight is 319 g/mol. The van der Waals surface area contributed by atoms with E-state index >= 15 is 0 Å². The summed E-state index contributed by atoms with van der Waals surface area (Å²) in [5.41, 5.74) is 0.738. The van der Waals surface area contributed by atoms with Crippen molar-refractivity contribution in [3.05, 3.63) is 12.2 Å². The minimum atomic E-state index is 0.738. The van der Waals surface area contributed by atoms with E-state index in [1.165, 1.54) is 77.4 Å². The molecule has 2 nitrogen and oxygen atoms in total. The predicted molar refractivity (Wildman–Crippen MR) is 100 cm³/mol. The SMILES string of the molecule is C=C(C#N)CCCCCCCCCCN1CCC(C(C)C)CC1. The summed E-state index contributed by atoms with van der Waals surface area (Å²) < 4.78 is 0. The van der Waals surface area contributed by atoms with E-state index in [9.17, 15) is 0 Å². The van der Waals surface area contributed by atoms with Crippen LogP contribution in [-0.2, 0) is 0 Å². The molecule has 1 fully saturated rings. The Hall–Kier alpha value is -0.810. The Balaban J connectivity index is 1.84. The van der Waals surface area contributed by atoms with Gasteiger partial charge in [0.25, 0.3) is 0 Å². The average Bonchev–Trinajstić information content (AvgIpc) is 2.56. The second-order valence-electron chi connectivity index (χ2n) is 7.72. The zero-order valence-corrected chi connectivity index (χ0v) is 15.7. The van der Waals surface area contributed by atoms with Crippen molar-refractivity contribution >= 4 is 0 Å². The van der Waals surface area contributed by atoms with Crippen LogP contribution in [0.4, 0.5) is 0 Å². The standard InChI is InChI=1S/C21H38N2/c1-19(2)21-13-16-23(17-14-21)15-11-9-7-5-4-6-8-10-12-20(3)18-22/h19,21H,3-17H2,1-2H3. The molecule has 1 aliphatic heterocycles. The van der Waals surface area contributed by atoms with E-state index < -0.39 is 0 Å². The van der Waals surface area contributed by atoms with Gasteiger partial charge in [-0.15, -0.1) is 0 Å². The number of piperidine rings is 1. The Morgan fingerprint density at radius 3 is 2.04 bits per heavy atom. The van der Waals surface area contributed by atoms with Crippen LogP contribution in [-0.4, -0.2) is 24.5 Å². The van der Waals surface area contributed by atoms with Crippen molar-refractivity contribution in [1.29, 1.82) is 5.26 Å². The number of allylic oxidation sites excluding steroid dienone is 1. The van der Waals surface area contributed by atoms with Crippen LogP contribution in [0.25, 0.3) is 0 Å². The first-order valence-corrected chi connectivity index (χ1v) is 9.93. The maximum absolute atomic E-state index is 8.64. The Morgan fingerprint density at radius 1 is 1.00 bits per heavy atom. The Kier molecular flexibility index (Phi) is 11.1. The molecule has 0 saturated carbocycles. The lowest BCUT2D eigenvalue weighted by atomic mass is 9.87. The summed E-state index contributed by atoms with van der Waals surface area (Å²) >= 11 is 0. The molecule has 0 aromatic rings. The second kappa shape index (κ2) is 12.6. The monoisotopic (exact) mass is 318 g/mol. The molecule has 0 atom stereocenters. The van der Waals surface area contributed by atoms with Gasteiger partial charge in [0, 0.05) is 5.57 Å². The number of nitriles is 1. The number of hydrogen-bond acceptors (Lipinski definition) is 2. The van der Waals surface area contributed by atoms with Crippen molar-refractivity contribution in [2.24, 2.45) is 11.8 Å². The molecule has 2 heteroatoms. The van der Waals surface area contributed by atoms with Gasteiger partial charge in [-0.1, -0.05) is 59.0 Å². The van der Waals surface area contributed by atoms with E-state index in [4.69, 9.17) is 5.26 Å². The van der Waals surface area contributed by atoms with Gasteiger partial charge in [0.2, 0.25) is 0 Å². The van der Waals surface area contributed by atoms with Gasteiger partial charge >= 0.3 is 0 Å². The Labute approximate surface area is 144 Å². The summed E-state index contributed by atoms with van der Waals surface area (Å²) in [6.07, 6.45) is 14.4. The zero-order valence-electron chi connectivity index (χ0n) is 15.7. The normalized spacial score (nSPS) is 16.6. The molecule has 23 heavy (non-hydrogen) atoms.